The number of hydrogen-bond donors (Lipinski definition) is 0. The summed E-state index contributed by atoms with van der Waals surface area (Å²) in [4.78, 5) is 20.8. The average Bonchev–Trinajstić information content (AvgIpc) is 2.89. The zero-order chi connectivity index (χ0) is 15.7. The summed E-state index contributed by atoms with van der Waals surface area (Å²) < 4.78 is 11.5. The second-order valence-electron chi connectivity index (χ2n) is 4.91. The van der Waals surface area contributed by atoms with Crippen LogP contribution in [0, 0.1) is 13.8 Å². The van der Waals surface area contributed by atoms with Crippen molar-refractivity contribution >= 4 is 32.8 Å². The van der Waals surface area contributed by atoms with Crippen LogP contribution in [0.1, 0.15) is 27.7 Å². The van der Waals surface area contributed by atoms with Crippen LogP contribution >= 0.6 is 15.9 Å². The minimum atomic E-state index is -0.423. The lowest BCUT2D eigenvalue weighted by atomic mass is 10.1. The molecule has 22 heavy (non-hydrogen) atoms. The Morgan fingerprint density at radius 2 is 2.14 bits per heavy atom. The number of pyridine rings is 1. The minimum absolute atomic E-state index is 0.00602. The molecule has 0 unspecified atom stereocenters. The molecule has 0 fully saturated rings. The first kappa shape index (κ1) is 14.7. The molecule has 0 aliphatic rings. The molecule has 0 radical (unpaired) electrons. The SMILES string of the molecule is Cc1cc(C(=O)OCc2ncc(C)o2)c2ccc(Br)cc2n1. The Bertz CT molecular complexity index is 852. The van der Waals surface area contributed by atoms with Gasteiger partial charge in [0.1, 0.15) is 5.76 Å². The number of carbonyl (C=O) groups excluding carboxylic acids is 1. The standard InChI is InChI=1S/C16H13BrN2O3/c1-9-5-13(12-4-3-11(17)6-14(12)19-9)16(20)21-8-15-18-7-10(2)22-15/h3-7H,8H2,1-2H3. The number of fused-ring (bicyclic) bond motifs is 1. The number of halogens is 1. The van der Waals surface area contributed by atoms with E-state index in [2.05, 4.69) is 25.9 Å². The van der Waals surface area contributed by atoms with Gasteiger partial charge in [-0.2, -0.15) is 0 Å². The molecule has 3 rings (SSSR count). The summed E-state index contributed by atoms with van der Waals surface area (Å²) in [6.45, 7) is 3.64. The molecule has 0 amide bonds. The number of ether oxygens (including phenoxy) is 1. The highest BCUT2D eigenvalue weighted by Crippen LogP contribution is 2.23. The second kappa shape index (κ2) is 5.88. The van der Waals surface area contributed by atoms with Gasteiger partial charge in [-0.05, 0) is 32.0 Å². The molecule has 0 spiro atoms. The van der Waals surface area contributed by atoms with Crippen molar-refractivity contribution < 1.29 is 13.9 Å². The first-order chi connectivity index (χ1) is 10.5. The van der Waals surface area contributed by atoms with Crippen LogP contribution < -0.4 is 0 Å². The number of nitrogens with zero attached hydrogens (tertiary/aromatic N) is 2. The molecular formula is C16H13BrN2O3. The summed E-state index contributed by atoms with van der Waals surface area (Å²) in [7, 11) is 0. The molecule has 0 atom stereocenters. The molecule has 0 saturated carbocycles. The third-order valence-corrected chi connectivity index (χ3v) is 3.61. The lowest BCUT2D eigenvalue weighted by Gasteiger charge is -2.08. The Morgan fingerprint density at radius 3 is 2.86 bits per heavy atom. The summed E-state index contributed by atoms with van der Waals surface area (Å²) in [5, 5.41) is 0.752. The molecule has 2 aromatic heterocycles. The van der Waals surface area contributed by atoms with Crippen molar-refractivity contribution in [3.05, 3.63) is 57.8 Å². The molecule has 6 heteroatoms. The molecule has 0 aliphatic heterocycles. The lowest BCUT2D eigenvalue weighted by Crippen LogP contribution is -2.07. The van der Waals surface area contributed by atoms with Gasteiger partial charge >= 0.3 is 5.97 Å². The third-order valence-electron chi connectivity index (χ3n) is 3.12. The van der Waals surface area contributed by atoms with E-state index >= 15 is 0 Å². The number of esters is 1. The van der Waals surface area contributed by atoms with Gasteiger partial charge in [-0.25, -0.2) is 9.78 Å². The van der Waals surface area contributed by atoms with Crippen LogP contribution in [0.15, 0.2) is 39.4 Å². The zero-order valence-corrected chi connectivity index (χ0v) is 13.7. The van der Waals surface area contributed by atoms with Crippen LogP contribution in [0.3, 0.4) is 0 Å². The number of carbonyl (C=O) groups is 1. The maximum Gasteiger partial charge on any atom is 0.339 e. The Balaban J connectivity index is 1.90. The maximum absolute atomic E-state index is 12.3. The van der Waals surface area contributed by atoms with Gasteiger partial charge in [0.15, 0.2) is 6.61 Å². The number of aromatic nitrogens is 2. The molecule has 3 aromatic rings. The van der Waals surface area contributed by atoms with Gasteiger partial charge in [0.2, 0.25) is 5.89 Å². The molecule has 112 valence electrons. The van der Waals surface area contributed by atoms with Crippen LogP contribution in [0.5, 0.6) is 0 Å². The highest BCUT2D eigenvalue weighted by atomic mass is 79.9. The normalized spacial score (nSPS) is 10.9. The van der Waals surface area contributed by atoms with E-state index in [-0.39, 0.29) is 6.61 Å². The second-order valence-corrected chi connectivity index (χ2v) is 5.83. The quantitative estimate of drug-likeness (QED) is 0.661. The topological polar surface area (TPSA) is 65.2 Å². The Kier molecular flexibility index (Phi) is 3.94. The van der Waals surface area contributed by atoms with Crippen LogP contribution in [0.2, 0.25) is 0 Å². The van der Waals surface area contributed by atoms with Crippen LogP contribution in [0.25, 0.3) is 10.9 Å². The number of benzene rings is 1. The summed E-state index contributed by atoms with van der Waals surface area (Å²) in [5.41, 5.74) is 1.98. The molecular weight excluding hydrogens is 348 g/mol. The Labute approximate surface area is 135 Å². The smallest absolute Gasteiger partial charge is 0.339 e. The average molecular weight is 361 g/mol. The summed E-state index contributed by atoms with van der Waals surface area (Å²) in [5.74, 6) is 0.637. The number of hydrogen-bond acceptors (Lipinski definition) is 5. The fourth-order valence-corrected chi connectivity index (χ4v) is 2.53. The predicted molar refractivity (Wildman–Crippen MR) is 84.5 cm³/mol. The van der Waals surface area contributed by atoms with Crippen LogP contribution in [-0.2, 0) is 11.3 Å². The van der Waals surface area contributed by atoms with Gasteiger partial charge in [0.25, 0.3) is 0 Å². The van der Waals surface area contributed by atoms with Crippen molar-refractivity contribution in [1.29, 1.82) is 0 Å². The summed E-state index contributed by atoms with van der Waals surface area (Å²) >= 11 is 3.41. The Morgan fingerprint density at radius 1 is 1.32 bits per heavy atom. The van der Waals surface area contributed by atoms with Crippen molar-refractivity contribution in [2.24, 2.45) is 0 Å². The first-order valence-electron chi connectivity index (χ1n) is 6.68. The van der Waals surface area contributed by atoms with E-state index in [1.807, 2.05) is 25.1 Å². The molecule has 2 heterocycles. The number of rotatable bonds is 3. The number of oxazole rings is 1. The van der Waals surface area contributed by atoms with E-state index in [0.29, 0.717) is 17.2 Å². The molecule has 0 N–H and O–H groups in total. The van der Waals surface area contributed by atoms with Crippen LogP contribution in [-0.4, -0.2) is 15.9 Å². The van der Waals surface area contributed by atoms with E-state index < -0.39 is 5.97 Å². The van der Waals surface area contributed by atoms with Crippen molar-refractivity contribution in [1.82, 2.24) is 9.97 Å². The molecule has 0 bridgehead atoms. The van der Waals surface area contributed by atoms with Crippen molar-refractivity contribution in [2.45, 2.75) is 20.5 Å². The lowest BCUT2D eigenvalue weighted by molar-refractivity contribution is 0.0439. The first-order valence-corrected chi connectivity index (χ1v) is 7.47. The summed E-state index contributed by atoms with van der Waals surface area (Å²) in [6, 6.07) is 7.31. The van der Waals surface area contributed by atoms with Gasteiger partial charge in [0.05, 0.1) is 17.3 Å². The monoisotopic (exact) mass is 360 g/mol. The fraction of sp³-hybridized carbons (Fsp3) is 0.188. The van der Waals surface area contributed by atoms with E-state index in [0.717, 1.165) is 21.1 Å². The Hall–Kier alpha value is -2.21. The highest BCUT2D eigenvalue weighted by molar-refractivity contribution is 9.10. The van der Waals surface area contributed by atoms with Gasteiger partial charge < -0.3 is 9.15 Å². The van der Waals surface area contributed by atoms with E-state index in [9.17, 15) is 4.79 Å². The van der Waals surface area contributed by atoms with Gasteiger partial charge in [-0.1, -0.05) is 22.0 Å². The maximum atomic E-state index is 12.3. The van der Waals surface area contributed by atoms with E-state index in [1.54, 1.807) is 19.2 Å². The third kappa shape index (κ3) is 3.01. The van der Waals surface area contributed by atoms with E-state index in [4.69, 9.17) is 9.15 Å². The highest BCUT2D eigenvalue weighted by Gasteiger charge is 2.15. The zero-order valence-electron chi connectivity index (χ0n) is 12.1. The van der Waals surface area contributed by atoms with Crippen molar-refractivity contribution in [3.63, 3.8) is 0 Å². The summed E-state index contributed by atoms with van der Waals surface area (Å²) in [6.07, 6.45) is 1.59. The largest absolute Gasteiger partial charge is 0.452 e. The van der Waals surface area contributed by atoms with Crippen molar-refractivity contribution in [3.8, 4) is 0 Å². The molecule has 1 aromatic carbocycles. The predicted octanol–water partition coefficient (Wildman–Crippen LogP) is 3.96. The van der Waals surface area contributed by atoms with Gasteiger partial charge in [-0.15, -0.1) is 0 Å². The molecule has 5 nitrogen and oxygen atoms in total. The van der Waals surface area contributed by atoms with Crippen molar-refractivity contribution in [2.75, 3.05) is 0 Å². The van der Waals surface area contributed by atoms with Gasteiger partial charge in [0, 0.05) is 15.6 Å². The number of aryl methyl sites for hydroxylation is 2. The van der Waals surface area contributed by atoms with Gasteiger partial charge in [-0.3, -0.25) is 4.98 Å². The van der Waals surface area contributed by atoms with E-state index in [1.165, 1.54) is 0 Å². The molecule has 0 aliphatic carbocycles. The molecule has 0 saturated heterocycles. The van der Waals surface area contributed by atoms with Crippen LogP contribution in [0.4, 0.5) is 0 Å². The minimum Gasteiger partial charge on any atom is -0.452 e. The fourth-order valence-electron chi connectivity index (χ4n) is 2.18.